The molecule has 0 aromatic heterocycles. The van der Waals surface area contributed by atoms with E-state index in [0.29, 0.717) is 12.1 Å². The molecule has 1 aromatic rings. The standard InChI is InChI=1S/C14H19NO4S/c1-3-4-8-15-20(18,19)13-7-5-6-12(10-13)9-11(2)14(16)17/h5-7,9-10,15H,3-4,8H2,1-2H3,(H,16,17). The third-order valence-electron chi connectivity index (χ3n) is 2.71. The van der Waals surface area contributed by atoms with Crippen LogP contribution >= 0.6 is 0 Å². The molecule has 0 saturated carbocycles. The summed E-state index contributed by atoms with van der Waals surface area (Å²) in [5.41, 5.74) is 0.696. The number of unbranched alkanes of at least 4 members (excludes halogenated alkanes) is 1. The smallest absolute Gasteiger partial charge is 0.331 e. The highest BCUT2D eigenvalue weighted by molar-refractivity contribution is 7.89. The summed E-state index contributed by atoms with van der Waals surface area (Å²) < 4.78 is 26.6. The molecule has 0 heterocycles. The predicted octanol–water partition coefficient (Wildman–Crippen LogP) is 2.25. The van der Waals surface area contributed by atoms with Gasteiger partial charge in [-0.1, -0.05) is 25.5 Å². The first-order valence-corrected chi connectivity index (χ1v) is 7.86. The Morgan fingerprint density at radius 1 is 1.40 bits per heavy atom. The average molecular weight is 297 g/mol. The van der Waals surface area contributed by atoms with Gasteiger partial charge in [0, 0.05) is 12.1 Å². The van der Waals surface area contributed by atoms with Gasteiger partial charge in [0.2, 0.25) is 10.0 Å². The van der Waals surface area contributed by atoms with Crippen LogP contribution in [0.25, 0.3) is 6.08 Å². The van der Waals surface area contributed by atoms with Crippen molar-refractivity contribution in [2.45, 2.75) is 31.6 Å². The zero-order valence-electron chi connectivity index (χ0n) is 11.6. The molecule has 20 heavy (non-hydrogen) atoms. The molecule has 0 bridgehead atoms. The number of aliphatic carboxylic acids is 1. The minimum absolute atomic E-state index is 0.139. The molecule has 0 atom stereocenters. The maximum Gasteiger partial charge on any atom is 0.331 e. The van der Waals surface area contributed by atoms with Gasteiger partial charge in [0.15, 0.2) is 0 Å². The lowest BCUT2D eigenvalue weighted by Crippen LogP contribution is -2.24. The topological polar surface area (TPSA) is 83.5 Å². The fraction of sp³-hybridized carbons (Fsp3) is 0.357. The summed E-state index contributed by atoms with van der Waals surface area (Å²) in [6.07, 6.45) is 3.12. The highest BCUT2D eigenvalue weighted by Crippen LogP contribution is 2.14. The van der Waals surface area contributed by atoms with Gasteiger partial charge in [-0.15, -0.1) is 0 Å². The van der Waals surface area contributed by atoms with E-state index in [9.17, 15) is 13.2 Å². The van der Waals surface area contributed by atoms with Crippen LogP contribution in [0.4, 0.5) is 0 Å². The Morgan fingerprint density at radius 3 is 2.70 bits per heavy atom. The first-order valence-electron chi connectivity index (χ1n) is 6.38. The maximum atomic E-state index is 12.0. The first-order chi connectivity index (χ1) is 9.36. The van der Waals surface area contributed by atoms with E-state index in [2.05, 4.69) is 4.72 Å². The molecular formula is C14H19NO4S. The van der Waals surface area contributed by atoms with Crippen molar-refractivity contribution in [1.82, 2.24) is 4.72 Å². The molecule has 0 aliphatic carbocycles. The van der Waals surface area contributed by atoms with E-state index in [1.54, 1.807) is 12.1 Å². The largest absolute Gasteiger partial charge is 0.478 e. The Labute approximate surface area is 119 Å². The molecule has 0 aliphatic heterocycles. The highest BCUT2D eigenvalue weighted by Gasteiger charge is 2.13. The fourth-order valence-corrected chi connectivity index (χ4v) is 2.68. The lowest BCUT2D eigenvalue weighted by Gasteiger charge is -2.07. The van der Waals surface area contributed by atoms with Crippen molar-refractivity contribution in [3.8, 4) is 0 Å². The molecular weight excluding hydrogens is 278 g/mol. The van der Waals surface area contributed by atoms with E-state index in [4.69, 9.17) is 5.11 Å². The molecule has 2 N–H and O–H groups in total. The van der Waals surface area contributed by atoms with Gasteiger partial charge in [-0.25, -0.2) is 17.9 Å². The lowest BCUT2D eigenvalue weighted by atomic mass is 10.1. The maximum absolute atomic E-state index is 12.0. The van der Waals surface area contributed by atoms with E-state index >= 15 is 0 Å². The second-order valence-electron chi connectivity index (χ2n) is 4.46. The zero-order valence-corrected chi connectivity index (χ0v) is 12.4. The van der Waals surface area contributed by atoms with Crippen LogP contribution in [0.3, 0.4) is 0 Å². The minimum Gasteiger partial charge on any atom is -0.478 e. The van der Waals surface area contributed by atoms with Gasteiger partial charge in [0.1, 0.15) is 0 Å². The average Bonchev–Trinajstić information content (AvgIpc) is 2.39. The zero-order chi connectivity index (χ0) is 15.2. The Balaban J connectivity index is 2.98. The molecule has 6 heteroatoms. The third-order valence-corrected chi connectivity index (χ3v) is 4.17. The number of nitrogens with one attached hydrogen (secondary N) is 1. The van der Waals surface area contributed by atoms with Crippen molar-refractivity contribution >= 4 is 22.1 Å². The molecule has 1 rings (SSSR count). The Bertz CT molecular complexity index is 605. The van der Waals surface area contributed by atoms with Crippen LogP contribution in [0, 0.1) is 0 Å². The van der Waals surface area contributed by atoms with E-state index in [-0.39, 0.29) is 10.5 Å². The van der Waals surface area contributed by atoms with Gasteiger partial charge in [-0.2, -0.15) is 0 Å². The van der Waals surface area contributed by atoms with Crippen molar-refractivity contribution in [1.29, 1.82) is 0 Å². The summed E-state index contributed by atoms with van der Waals surface area (Å²) in [4.78, 5) is 10.9. The summed E-state index contributed by atoms with van der Waals surface area (Å²) in [7, 11) is -3.54. The molecule has 0 fully saturated rings. The predicted molar refractivity (Wildman–Crippen MR) is 77.8 cm³/mol. The second kappa shape index (κ2) is 7.21. The van der Waals surface area contributed by atoms with Crippen molar-refractivity contribution in [3.63, 3.8) is 0 Å². The number of hydrogen-bond acceptors (Lipinski definition) is 3. The first kappa shape index (κ1) is 16.4. The van der Waals surface area contributed by atoms with E-state index < -0.39 is 16.0 Å². The molecule has 0 radical (unpaired) electrons. The number of carboxylic acid groups (broad SMARTS) is 1. The van der Waals surface area contributed by atoms with Crippen molar-refractivity contribution in [3.05, 3.63) is 35.4 Å². The van der Waals surface area contributed by atoms with Crippen LogP contribution in [0.1, 0.15) is 32.3 Å². The van der Waals surface area contributed by atoms with Crippen LogP contribution < -0.4 is 4.72 Å². The summed E-state index contributed by atoms with van der Waals surface area (Å²) in [5, 5.41) is 8.82. The Morgan fingerprint density at radius 2 is 2.10 bits per heavy atom. The van der Waals surface area contributed by atoms with Gasteiger partial charge in [0.05, 0.1) is 4.90 Å². The summed E-state index contributed by atoms with van der Waals surface area (Å²) in [6, 6.07) is 6.20. The number of sulfonamides is 1. The van der Waals surface area contributed by atoms with Crippen LogP contribution in [0.5, 0.6) is 0 Å². The molecule has 0 aliphatic rings. The lowest BCUT2D eigenvalue weighted by molar-refractivity contribution is -0.132. The summed E-state index contributed by atoms with van der Waals surface area (Å²) in [5.74, 6) is -1.03. The monoisotopic (exact) mass is 297 g/mol. The van der Waals surface area contributed by atoms with E-state index in [1.807, 2.05) is 6.92 Å². The van der Waals surface area contributed by atoms with Crippen molar-refractivity contribution in [2.24, 2.45) is 0 Å². The molecule has 0 spiro atoms. The number of rotatable bonds is 7. The van der Waals surface area contributed by atoms with Crippen LogP contribution in [0.2, 0.25) is 0 Å². The van der Waals surface area contributed by atoms with Gasteiger partial charge in [0.25, 0.3) is 0 Å². The second-order valence-corrected chi connectivity index (χ2v) is 6.22. The van der Waals surface area contributed by atoms with E-state index in [0.717, 1.165) is 12.8 Å². The molecule has 0 saturated heterocycles. The SMILES string of the molecule is CCCCNS(=O)(=O)c1cccc(C=C(C)C(=O)O)c1. The highest BCUT2D eigenvalue weighted by atomic mass is 32.2. The van der Waals surface area contributed by atoms with Crippen molar-refractivity contribution < 1.29 is 18.3 Å². The third kappa shape index (κ3) is 4.79. The number of hydrogen-bond donors (Lipinski definition) is 2. The molecule has 0 unspecified atom stereocenters. The van der Waals surface area contributed by atoms with Crippen molar-refractivity contribution in [2.75, 3.05) is 6.54 Å². The molecule has 110 valence electrons. The number of benzene rings is 1. The molecule has 0 amide bonds. The fourth-order valence-electron chi connectivity index (χ4n) is 1.55. The molecule has 1 aromatic carbocycles. The minimum atomic E-state index is -3.54. The normalized spacial score (nSPS) is 12.4. The quantitative estimate of drug-likeness (QED) is 0.597. The Kier molecular flexibility index (Phi) is 5.91. The van der Waals surface area contributed by atoms with Crippen LogP contribution in [-0.4, -0.2) is 26.0 Å². The van der Waals surface area contributed by atoms with Gasteiger partial charge in [-0.3, -0.25) is 0 Å². The van der Waals surface area contributed by atoms with Gasteiger partial charge in [-0.05, 0) is 37.1 Å². The number of carboxylic acids is 1. The summed E-state index contributed by atoms with van der Waals surface area (Å²) in [6.45, 7) is 3.84. The summed E-state index contributed by atoms with van der Waals surface area (Å²) >= 11 is 0. The molecule has 5 nitrogen and oxygen atoms in total. The number of carbonyl (C=O) groups is 1. The van der Waals surface area contributed by atoms with E-state index in [1.165, 1.54) is 25.1 Å². The van der Waals surface area contributed by atoms with Gasteiger partial charge >= 0.3 is 5.97 Å². The van der Waals surface area contributed by atoms with Gasteiger partial charge < -0.3 is 5.11 Å². The van der Waals surface area contributed by atoms with Crippen LogP contribution in [0.15, 0.2) is 34.7 Å². The van der Waals surface area contributed by atoms with Crippen LogP contribution in [-0.2, 0) is 14.8 Å². The Hall–Kier alpha value is -1.66.